The highest BCUT2D eigenvalue weighted by Crippen LogP contribution is 2.41. The van der Waals surface area contributed by atoms with Crippen molar-refractivity contribution in [3.05, 3.63) is 35.9 Å². The van der Waals surface area contributed by atoms with E-state index in [1.54, 1.807) is 0 Å². The van der Waals surface area contributed by atoms with Crippen LogP contribution in [0.2, 0.25) is 0 Å². The molecule has 1 aliphatic carbocycles. The average molecular weight is 288 g/mol. The van der Waals surface area contributed by atoms with Crippen molar-refractivity contribution in [3.63, 3.8) is 0 Å². The van der Waals surface area contributed by atoms with Gasteiger partial charge in [0, 0.05) is 13.1 Å². The molecule has 4 nitrogen and oxygen atoms in total. The minimum absolute atomic E-state index is 0.129. The van der Waals surface area contributed by atoms with Crippen LogP contribution in [-0.2, 0) is 15.1 Å². The summed E-state index contributed by atoms with van der Waals surface area (Å²) in [7, 11) is 0. The molecule has 1 aliphatic heterocycles. The number of morpholine rings is 1. The van der Waals surface area contributed by atoms with Crippen LogP contribution in [-0.4, -0.2) is 43.2 Å². The fourth-order valence-electron chi connectivity index (χ4n) is 3.32. The fourth-order valence-corrected chi connectivity index (χ4v) is 3.32. The third-order valence-electron chi connectivity index (χ3n) is 4.60. The molecule has 1 saturated carbocycles. The van der Waals surface area contributed by atoms with E-state index in [0.29, 0.717) is 6.54 Å². The van der Waals surface area contributed by atoms with Crippen LogP contribution in [0.5, 0.6) is 0 Å². The summed E-state index contributed by atoms with van der Waals surface area (Å²) in [5, 5.41) is 3.29. The second-order valence-electron chi connectivity index (χ2n) is 6.27. The zero-order chi connectivity index (χ0) is 14.7. The van der Waals surface area contributed by atoms with E-state index in [1.165, 1.54) is 12.0 Å². The van der Waals surface area contributed by atoms with E-state index < -0.39 is 0 Å². The lowest BCUT2D eigenvalue weighted by Crippen LogP contribution is -2.54. The summed E-state index contributed by atoms with van der Waals surface area (Å²) in [6, 6.07) is 10.4. The van der Waals surface area contributed by atoms with Crippen molar-refractivity contribution in [1.29, 1.82) is 0 Å². The summed E-state index contributed by atoms with van der Waals surface area (Å²) >= 11 is 0. The smallest absolute Gasteiger partial charge is 0.234 e. The highest BCUT2D eigenvalue weighted by Gasteiger charge is 2.40. The van der Waals surface area contributed by atoms with Gasteiger partial charge in [0.1, 0.15) is 0 Å². The van der Waals surface area contributed by atoms with Gasteiger partial charge in [0.05, 0.1) is 24.8 Å². The molecule has 114 valence electrons. The fraction of sp³-hybridized carbons (Fsp3) is 0.588. The standard InChI is InChI=1S/C17H24N2O2/c1-14-12-19(10-11-21-14)13-16(20)18-17(8-5-9-17)15-6-3-2-4-7-15/h2-4,6-7,14H,5,8-13H2,1H3,(H,18,20). The second-order valence-corrected chi connectivity index (χ2v) is 6.27. The molecule has 2 aliphatic rings. The van der Waals surface area contributed by atoms with Crippen LogP contribution in [0.3, 0.4) is 0 Å². The SMILES string of the molecule is CC1CN(CC(=O)NC2(c3ccccc3)CCC2)CCO1. The zero-order valence-electron chi connectivity index (χ0n) is 12.7. The van der Waals surface area contributed by atoms with Gasteiger partial charge < -0.3 is 10.1 Å². The molecule has 1 aromatic carbocycles. The maximum atomic E-state index is 12.4. The van der Waals surface area contributed by atoms with Crippen LogP contribution in [0.15, 0.2) is 30.3 Å². The summed E-state index contributed by atoms with van der Waals surface area (Å²) in [6.45, 7) is 4.93. The first kappa shape index (κ1) is 14.5. The van der Waals surface area contributed by atoms with E-state index >= 15 is 0 Å². The average Bonchev–Trinajstić information content (AvgIpc) is 2.44. The molecule has 1 N–H and O–H groups in total. The number of nitrogens with zero attached hydrogens (tertiary/aromatic N) is 1. The van der Waals surface area contributed by atoms with E-state index in [-0.39, 0.29) is 17.6 Å². The number of amides is 1. The molecule has 0 radical (unpaired) electrons. The number of benzene rings is 1. The van der Waals surface area contributed by atoms with E-state index in [0.717, 1.165) is 32.5 Å². The predicted molar refractivity (Wildman–Crippen MR) is 82.0 cm³/mol. The number of carbonyl (C=O) groups is 1. The van der Waals surface area contributed by atoms with Crippen LogP contribution in [0, 0.1) is 0 Å². The topological polar surface area (TPSA) is 41.6 Å². The molecular formula is C17H24N2O2. The molecule has 1 amide bonds. The van der Waals surface area contributed by atoms with Gasteiger partial charge in [0.15, 0.2) is 0 Å². The number of rotatable bonds is 4. The van der Waals surface area contributed by atoms with Gasteiger partial charge in [-0.15, -0.1) is 0 Å². The molecule has 0 spiro atoms. The summed E-state index contributed by atoms with van der Waals surface area (Å²) in [4.78, 5) is 14.6. The van der Waals surface area contributed by atoms with Crippen molar-refractivity contribution in [3.8, 4) is 0 Å². The van der Waals surface area contributed by atoms with E-state index in [4.69, 9.17) is 4.74 Å². The minimum atomic E-state index is -0.129. The third-order valence-corrected chi connectivity index (χ3v) is 4.60. The van der Waals surface area contributed by atoms with Crippen LogP contribution < -0.4 is 5.32 Å². The number of nitrogens with one attached hydrogen (secondary N) is 1. The van der Waals surface area contributed by atoms with Crippen molar-refractivity contribution in [1.82, 2.24) is 10.2 Å². The Morgan fingerprint density at radius 3 is 2.76 bits per heavy atom. The molecule has 1 aromatic rings. The lowest BCUT2D eigenvalue weighted by Gasteiger charge is -2.43. The van der Waals surface area contributed by atoms with Gasteiger partial charge in [-0.25, -0.2) is 0 Å². The van der Waals surface area contributed by atoms with Crippen LogP contribution in [0.4, 0.5) is 0 Å². The van der Waals surface area contributed by atoms with Crippen LogP contribution in [0.1, 0.15) is 31.7 Å². The summed E-state index contributed by atoms with van der Waals surface area (Å²) < 4.78 is 5.52. The molecule has 4 heteroatoms. The summed E-state index contributed by atoms with van der Waals surface area (Å²) in [5.74, 6) is 0.132. The van der Waals surface area contributed by atoms with Crippen molar-refractivity contribution >= 4 is 5.91 Å². The number of hydrogen-bond acceptors (Lipinski definition) is 3. The maximum Gasteiger partial charge on any atom is 0.234 e. The summed E-state index contributed by atoms with van der Waals surface area (Å²) in [5.41, 5.74) is 1.11. The Hall–Kier alpha value is -1.39. The Bertz CT molecular complexity index is 485. The van der Waals surface area contributed by atoms with Gasteiger partial charge in [-0.1, -0.05) is 30.3 Å². The summed E-state index contributed by atoms with van der Waals surface area (Å²) in [6.07, 6.45) is 3.49. The first-order valence-corrected chi connectivity index (χ1v) is 7.88. The first-order chi connectivity index (χ1) is 10.2. The highest BCUT2D eigenvalue weighted by atomic mass is 16.5. The third kappa shape index (κ3) is 3.27. The van der Waals surface area contributed by atoms with Crippen molar-refractivity contribution < 1.29 is 9.53 Å². The molecular weight excluding hydrogens is 264 g/mol. The Balaban J connectivity index is 1.60. The van der Waals surface area contributed by atoms with Gasteiger partial charge in [0.2, 0.25) is 5.91 Å². The van der Waals surface area contributed by atoms with Crippen molar-refractivity contribution in [2.45, 2.75) is 37.8 Å². The van der Waals surface area contributed by atoms with Gasteiger partial charge in [-0.05, 0) is 31.7 Å². The number of carbonyl (C=O) groups excluding carboxylic acids is 1. The van der Waals surface area contributed by atoms with Crippen molar-refractivity contribution in [2.24, 2.45) is 0 Å². The van der Waals surface area contributed by atoms with E-state index in [1.807, 2.05) is 18.2 Å². The first-order valence-electron chi connectivity index (χ1n) is 7.88. The van der Waals surface area contributed by atoms with Crippen LogP contribution in [0.25, 0.3) is 0 Å². The van der Waals surface area contributed by atoms with Crippen molar-refractivity contribution in [2.75, 3.05) is 26.2 Å². The Kier molecular flexibility index (Phi) is 4.27. The molecule has 21 heavy (non-hydrogen) atoms. The molecule has 1 unspecified atom stereocenters. The minimum Gasteiger partial charge on any atom is -0.376 e. The molecule has 2 fully saturated rings. The van der Waals surface area contributed by atoms with Gasteiger partial charge >= 0.3 is 0 Å². The predicted octanol–water partition coefficient (Wildman–Crippen LogP) is 1.90. The van der Waals surface area contributed by atoms with E-state index in [9.17, 15) is 4.79 Å². The Morgan fingerprint density at radius 2 is 2.14 bits per heavy atom. The van der Waals surface area contributed by atoms with Crippen LogP contribution >= 0.6 is 0 Å². The Morgan fingerprint density at radius 1 is 1.38 bits per heavy atom. The molecule has 0 bridgehead atoms. The molecule has 1 heterocycles. The van der Waals surface area contributed by atoms with E-state index in [2.05, 4.69) is 29.3 Å². The van der Waals surface area contributed by atoms with Gasteiger partial charge in [-0.3, -0.25) is 9.69 Å². The normalized spacial score (nSPS) is 25.1. The molecule has 1 atom stereocenters. The van der Waals surface area contributed by atoms with Gasteiger partial charge in [-0.2, -0.15) is 0 Å². The van der Waals surface area contributed by atoms with Gasteiger partial charge in [0.25, 0.3) is 0 Å². The quantitative estimate of drug-likeness (QED) is 0.920. The largest absolute Gasteiger partial charge is 0.376 e. The Labute approximate surface area is 126 Å². The molecule has 1 saturated heterocycles. The zero-order valence-corrected chi connectivity index (χ0v) is 12.7. The highest BCUT2D eigenvalue weighted by molar-refractivity contribution is 5.79. The second kappa shape index (κ2) is 6.16. The number of ether oxygens (including phenoxy) is 1. The number of hydrogen-bond donors (Lipinski definition) is 1. The monoisotopic (exact) mass is 288 g/mol. The molecule has 0 aromatic heterocycles. The lowest BCUT2D eigenvalue weighted by atomic mass is 9.72. The lowest BCUT2D eigenvalue weighted by molar-refractivity contribution is -0.127. The maximum absolute atomic E-state index is 12.4. The molecule has 3 rings (SSSR count).